The molecule has 0 rings (SSSR count). The molecule has 0 aromatic rings. The highest BCUT2D eigenvalue weighted by Gasteiger charge is 1.82. The topological polar surface area (TPSA) is 12.0 Å². The highest BCUT2D eigenvalue weighted by atomic mass is 14.8. The number of terminal acetylenes is 1. The van der Waals surface area contributed by atoms with Gasteiger partial charge in [0, 0.05) is 12.1 Å². The number of nitrogens with one attached hydrogen (secondary N) is 1. The molecule has 0 aliphatic heterocycles. The van der Waals surface area contributed by atoms with E-state index >= 15 is 0 Å². The van der Waals surface area contributed by atoms with Gasteiger partial charge in [-0.25, -0.2) is 0 Å². The van der Waals surface area contributed by atoms with Crippen LogP contribution >= 0.6 is 0 Å². The van der Waals surface area contributed by atoms with Crippen molar-refractivity contribution < 1.29 is 0 Å². The molecule has 0 aliphatic carbocycles. The molecule has 0 radical (unpaired) electrons. The van der Waals surface area contributed by atoms with Crippen LogP contribution in [0.15, 0.2) is 11.6 Å². The molecule has 0 atom stereocenters. The van der Waals surface area contributed by atoms with Crippen LogP contribution in [0.1, 0.15) is 6.92 Å². The first-order chi connectivity index (χ1) is 3.85. The average molecular weight is 109 g/mol. The van der Waals surface area contributed by atoms with Crippen LogP contribution in [-0.2, 0) is 0 Å². The van der Waals surface area contributed by atoms with Gasteiger partial charge in [-0.15, -0.1) is 6.42 Å². The molecule has 0 aromatic heterocycles. The lowest BCUT2D eigenvalue weighted by molar-refractivity contribution is 0.899. The van der Waals surface area contributed by atoms with E-state index in [9.17, 15) is 0 Å². The second-order valence-corrected chi connectivity index (χ2v) is 1.49. The fraction of sp³-hybridized carbons (Fsp3) is 0.429. The van der Waals surface area contributed by atoms with Crippen molar-refractivity contribution in [2.45, 2.75) is 6.92 Å². The standard InChI is InChI=1S/C7H11N/c1-4-7(5-2)6-8-3/h1,5,8H,6H2,2-3H3/b7-5-. The summed E-state index contributed by atoms with van der Waals surface area (Å²) in [5.74, 6) is 2.55. The minimum atomic E-state index is 0.799. The highest BCUT2D eigenvalue weighted by Crippen LogP contribution is 1.85. The molecule has 0 heterocycles. The quantitative estimate of drug-likeness (QED) is 0.517. The van der Waals surface area contributed by atoms with Gasteiger partial charge in [0.2, 0.25) is 0 Å². The molecule has 44 valence electrons. The van der Waals surface area contributed by atoms with E-state index in [1.807, 2.05) is 20.0 Å². The van der Waals surface area contributed by atoms with E-state index in [1.54, 1.807) is 0 Å². The molecular formula is C7H11N. The molecule has 1 heteroatoms. The predicted octanol–water partition coefficient (Wildman–Crippen LogP) is 0.785. The van der Waals surface area contributed by atoms with Crippen molar-refractivity contribution >= 4 is 0 Å². The Labute approximate surface area is 50.8 Å². The van der Waals surface area contributed by atoms with Crippen molar-refractivity contribution in [2.24, 2.45) is 0 Å². The first-order valence-corrected chi connectivity index (χ1v) is 2.61. The maximum absolute atomic E-state index is 5.11. The third kappa shape index (κ3) is 2.44. The summed E-state index contributed by atoms with van der Waals surface area (Å²) in [6.45, 7) is 2.74. The van der Waals surface area contributed by atoms with Crippen LogP contribution in [-0.4, -0.2) is 13.6 Å². The number of likely N-dealkylation sites (N-methyl/N-ethyl adjacent to an activating group) is 1. The van der Waals surface area contributed by atoms with Crippen LogP contribution in [0, 0.1) is 12.3 Å². The van der Waals surface area contributed by atoms with Crippen molar-refractivity contribution in [2.75, 3.05) is 13.6 Å². The van der Waals surface area contributed by atoms with Gasteiger partial charge in [-0.05, 0) is 14.0 Å². The van der Waals surface area contributed by atoms with E-state index in [0.29, 0.717) is 0 Å². The summed E-state index contributed by atoms with van der Waals surface area (Å²) in [7, 11) is 1.88. The summed E-state index contributed by atoms with van der Waals surface area (Å²) < 4.78 is 0. The summed E-state index contributed by atoms with van der Waals surface area (Å²) >= 11 is 0. The Kier molecular flexibility index (Phi) is 4.01. The van der Waals surface area contributed by atoms with Crippen LogP contribution in [0.25, 0.3) is 0 Å². The normalized spacial score (nSPS) is 10.9. The molecule has 0 aliphatic rings. The van der Waals surface area contributed by atoms with Gasteiger partial charge in [0.05, 0.1) is 0 Å². The Balaban J connectivity index is 3.60. The minimum Gasteiger partial charge on any atom is -0.315 e. The van der Waals surface area contributed by atoms with Crippen LogP contribution in [0.3, 0.4) is 0 Å². The molecule has 0 spiro atoms. The molecule has 1 nitrogen and oxygen atoms in total. The van der Waals surface area contributed by atoms with E-state index in [0.717, 1.165) is 12.1 Å². The highest BCUT2D eigenvalue weighted by molar-refractivity contribution is 5.25. The van der Waals surface area contributed by atoms with Crippen molar-refractivity contribution in [3.05, 3.63) is 11.6 Å². The largest absolute Gasteiger partial charge is 0.315 e. The Morgan fingerprint density at radius 2 is 2.50 bits per heavy atom. The average Bonchev–Trinajstić information content (AvgIpc) is 1.83. The maximum Gasteiger partial charge on any atom is 0.0278 e. The van der Waals surface area contributed by atoms with Crippen LogP contribution < -0.4 is 5.32 Å². The van der Waals surface area contributed by atoms with Crippen LogP contribution in [0.2, 0.25) is 0 Å². The van der Waals surface area contributed by atoms with Gasteiger partial charge in [-0.2, -0.15) is 0 Å². The predicted molar refractivity (Wildman–Crippen MR) is 36.5 cm³/mol. The van der Waals surface area contributed by atoms with Crippen molar-refractivity contribution in [1.82, 2.24) is 5.32 Å². The smallest absolute Gasteiger partial charge is 0.0278 e. The summed E-state index contributed by atoms with van der Waals surface area (Å²) in [6, 6.07) is 0. The van der Waals surface area contributed by atoms with Gasteiger partial charge in [0.25, 0.3) is 0 Å². The summed E-state index contributed by atoms with van der Waals surface area (Å²) in [6.07, 6.45) is 7.04. The molecule has 0 bridgehead atoms. The first-order valence-electron chi connectivity index (χ1n) is 2.61. The van der Waals surface area contributed by atoms with Gasteiger partial charge in [0.15, 0.2) is 0 Å². The zero-order valence-electron chi connectivity index (χ0n) is 5.36. The number of hydrogen-bond donors (Lipinski definition) is 1. The summed E-state index contributed by atoms with van der Waals surface area (Å²) in [5.41, 5.74) is 1.01. The lowest BCUT2D eigenvalue weighted by Crippen LogP contribution is -2.08. The van der Waals surface area contributed by atoms with E-state index < -0.39 is 0 Å². The van der Waals surface area contributed by atoms with E-state index in [-0.39, 0.29) is 0 Å². The lowest BCUT2D eigenvalue weighted by Gasteiger charge is -1.93. The monoisotopic (exact) mass is 109 g/mol. The van der Waals surface area contributed by atoms with Crippen LogP contribution in [0.4, 0.5) is 0 Å². The zero-order chi connectivity index (χ0) is 6.41. The summed E-state index contributed by atoms with van der Waals surface area (Å²) in [5, 5.41) is 2.96. The van der Waals surface area contributed by atoms with E-state index in [4.69, 9.17) is 6.42 Å². The second kappa shape index (κ2) is 4.42. The van der Waals surface area contributed by atoms with Gasteiger partial charge in [-0.3, -0.25) is 0 Å². The SMILES string of the molecule is C#C/C(=C/C)CNC. The second-order valence-electron chi connectivity index (χ2n) is 1.49. The number of allylic oxidation sites excluding steroid dienone is 1. The Hall–Kier alpha value is -0.740. The molecule has 0 amide bonds. The molecule has 8 heavy (non-hydrogen) atoms. The number of hydrogen-bond acceptors (Lipinski definition) is 1. The maximum atomic E-state index is 5.11. The first kappa shape index (κ1) is 7.26. The number of rotatable bonds is 2. The van der Waals surface area contributed by atoms with Gasteiger partial charge < -0.3 is 5.32 Å². The molecule has 0 fully saturated rings. The minimum absolute atomic E-state index is 0.799. The summed E-state index contributed by atoms with van der Waals surface area (Å²) in [4.78, 5) is 0. The molecule has 0 saturated carbocycles. The third-order valence-corrected chi connectivity index (χ3v) is 0.901. The molecule has 1 N–H and O–H groups in total. The molecular weight excluding hydrogens is 98.1 g/mol. The Bertz CT molecular complexity index is 117. The van der Waals surface area contributed by atoms with Crippen LogP contribution in [0.5, 0.6) is 0 Å². The molecule has 0 unspecified atom stereocenters. The van der Waals surface area contributed by atoms with Gasteiger partial charge in [0.1, 0.15) is 0 Å². The van der Waals surface area contributed by atoms with Crippen molar-refractivity contribution in [1.29, 1.82) is 0 Å². The van der Waals surface area contributed by atoms with Crippen molar-refractivity contribution in [3.8, 4) is 12.3 Å². The lowest BCUT2D eigenvalue weighted by atomic mass is 10.3. The molecule has 0 aromatic carbocycles. The van der Waals surface area contributed by atoms with Gasteiger partial charge >= 0.3 is 0 Å². The third-order valence-electron chi connectivity index (χ3n) is 0.901. The fourth-order valence-electron chi connectivity index (χ4n) is 0.427. The fourth-order valence-corrected chi connectivity index (χ4v) is 0.427. The van der Waals surface area contributed by atoms with E-state index in [2.05, 4.69) is 11.2 Å². The van der Waals surface area contributed by atoms with E-state index in [1.165, 1.54) is 0 Å². The van der Waals surface area contributed by atoms with Gasteiger partial charge in [-0.1, -0.05) is 12.0 Å². The molecule has 0 saturated heterocycles. The van der Waals surface area contributed by atoms with Crippen molar-refractivity contribution in [3.63, 3.8) is 0 Å². The zero-order valence-corrected chi connectivity index (χ0v) is 5.36. The Morgan fingerprint density at radius 1 is 1.88 bits per heavy atom. The Morgan fingerprint density at radius 3 is 2.62 bits per heavy atom.